The van der Waals surface area contributed by atoms with Gasteiger partial charge in [0.25, 0.3) is 0 Å². The van der Waals surface area contributed by atoms with E-state index in [9.17, 15) is 104 Å². The fraction of sp³-hybridized carbons (Fsp3) is 0. The van der Waals surface area contributed by atoms with Gasteiger partial charge in [-0.05, 0) is 12.1 Å². The SMILES string of the molecule is O=S(=O)(O)Oc1c2ccccc2c(OS(=O)(=O)O)c2c1ccc1c2[nH]c2c3c(OS(=O)(=O)O)c4ccccc4c(OS(=O)(=O)O)c3c3[nH]c4c5c(OS(=O)(=O)O)c6ccccc6c(OS(=O)(=O)O)c5c5[nH]c6c(ccc7c(OS(=O)(=O)O)c8ccccc8c(OS(=O)(=O)O)c76)c5c4c3c12. The van der Waals surface area contributed by atoms with Crippen molar-refractivity contribution in [3.63, 3.8) is 0 Å². The Bertz CT molecular complexity index is 6910. The molecule has 15 rings (SSSR count). The van der Waals surface area contributed by atoms with Crippen LogP contribution < -0.4 is 33.5 Å². The Morgan fingerprint density at radius 2 is 0.354 bits per heavy atom. The molecular weight excluding hydrogens is 1480 g/mol. The molecule has 11 N–H and O–H groups in total. The lowest BCUT2D eigenvalue weighted by molar-refractivity contribution is 0.385. The van der Waals surface area contributed by atoms with Crippen molar-refractivity contribution in [1.82, 2.24) is 15.0 Å². The molecule has 3 aromatic heterocycles. The molecule has 43 heteroatoms. The zero-order valence-corrected chi connectivity index (χ0v) is 54.2. The van der Waals surface area contributed by atoms with E-state index in [4.69, 9.17) is 33.5 Å². The van der Waals surface area contributed by atoms with E-state index < -0.39 is 259 Å². The van der Waals surface area contributed by atoms with Gasteiger partial charge in [0.05, 0.1) is 65.4 Å². The van der Waals surface area contributed by atoms with Gasteiger partial charge in [0.2, 0.25) is 0 Å². The van der Waals surface area contributed by atoms with Gasteiger partial charge in [-0.3, -0.25) is 36.4 Å². The highest BCUT2D eigenvalue weighted by Crippen LogP contribution is 2.59. The lowest BCUT2D eigenvalue weighted by atomic mass is 9.91. The second-order valence-corrected chi connectivity index (χ2v) is 29.8. The molecule has 0 radical (unpaired) electrons. The first kappa shape index (κ1) is 64.8. The van der Waals surface area contributed by atoms with Crippen LogP contribution in [-0.4, -0.2) is 119 Å². The van der Waals surface area contributed by atoms with Crippen LogP contribution >= 0.6 is 0 Å². The van der Waals surface area contributed by atoms with E-state index in [1.165, 1.54) is 60.7 Å². The molecule has 0 saturated carbocycles. The van der Waals surface area contributed by atoms with Crippen molar-refractivity contribution in [2.75, 3.05) is 0 Å². The van der Waals surface area contributed by atoms with Crippen LogP contribution in [0.2, 0.25) is 0 Å². The molecule has 0 atom stereocenters. The largest absolute Gasteiger partial charge is 0.446 e. The first-order chi connectivity index (χ1) is 46.1. The summed E-state index contributed by atoms with van der Waals surface area (Å²) < 4.78 is 338. The maximum absolute atomic E-state index is 13.5. The maximum Gasteiger partial charge on any atom is 0.446 e. The molecule has 0 fully saturated rings. The van der Waals surface area contributed by atoms with Crippen LogP contribution in [0.3, 0.4) is 0 Å². The van der Waals surface area contributed by atoms with Crippen molar-refractivity contribution < 1.29 is 137 Å². The summed E-state index contributed by atoms with van der Waals surface area (Å²) in [6, 6.07) is 23.4. The van der Waals surface area contributed by atoms with Crippen molar-refractivity contribution in [2.24, 2.45) is 0 Å². The molecule has 0 spiro atoms. The highest BCUT2D eigenvalue weighted by molar-refractivity contribution is 7.83. The molecule has 510 valence electrons. The number of nitrogens with one attached hydrogen (secondary N) is 3. The zero-order valence-electron chi connectivity index (χ0n) is 47.7. The topological polar surface area (TPSA) is 556 Å². The summed E-state index contributed by atoms with van der Waals surface area (Å²) in [4.78, 5) is 8.99. The molecule has 3 heterocycles. The number of aromatic nitrogens is 3. The fourth-order valence-electron chi connectivity index (χ4n) is 13.2. The van der Waals surface area contributed by atoms with Gasteiger partial charge < -0.3 is 48.4 Å². The average Bonchev–Trinajstić information content (AvgIpc) is 1.51. The average molecular weight is 1510 g/mol. The minimum absolute atomic E-state index is 0.314. The molecule has 99 heavy (non-hydrogen) atoms. The Balaban J connectivity index is 1.35. The first-order valence-electron chi connectivity index (χ1n) is 27.0. The Morgan fingerprint density at radius 3 is 0.576 bits per heavy atom. The first-order valence-corrected chi connectivity index (χ1v) is 37.9. The summed E-state index contributed by atoms with van der Waals surface area (Å²) in [5.41, 5.74) is -3.43. The Hall–Kier alpha value is -10.2. The van der Waals surface area contributed by atoms with Crippen molar-refractivity contribution >= 4 is 235 Å². The molecule has 15 aromatic rings. The van der Waals surface area contributed by atoms with Crippen LogP contribution in [0.4, 0.5) is 0 Å². The summed E-state index contributed by atoms with van der Waals surface area (Å²) in [5.74, 6) is -7.21. The standard InChI is InChI=1S/C56H31N3O32S8/c60-92(61,62)84-49-21-9-1-3-11-23(21)51(86-94(66,67)68)35-31(49)19-17-29-33-37-38-34-30-18-20-32-36(52(87-95(69,70)71)24-12-4-2-10-22(24)50(32)85-93(63,64)65)44(30)58-46(34)40-42(56(91-99(81,82)83)28-16-8-6-14-26(28)54(40)89-97(75,76)77)48(38)59-47(37)41-39(45(33)57-43(29)35)53(88-96(72,73)74)25-13-5-7-15-27(25)55(41)90-98(78,79)80/h1-20,57-59H,(H,60,61,62)(H,63,64,65)(H,66,67,68)(H,69,70,71)(H,72,73,74)(H,75,76,77)(H,78,79,80)(H,81,82,83). The van der Waals surface area contributed by atoms with Crippen LogP contribution in [0, 0.1) is 0 Å². The van der Waals surface area contributed by atoms with Crippen molar-refractivity contribution in [1.29, 1.82) is 0 Å². The second kappa shape index (κ2) is 21.2. The van der Waals surface area contributed by atoms with Gasteiger partial charge in [-0.1, -0.05) is 109 Å². The van der Waals surface area contributed by atoms with Gasteiger partial charge in [0, 0.05) is 86.2 Å². The van der Waals surface area contributed by atoms with Gasteiger partial charge in [0.15, 0.2) is 46.0 Å². The third-order valence-electron chi connectivity index (χ3n) is 16.0. The van der Waals surface area contributed by atoms with E-state index in [0.29, 0.717) is 0 Å². The fourth-order valence-corrected chi connectivity index (χ4v) is 16.3. The van der Waals surface area contributed by atoms with E-state index in [1.54, 1.807) is 0 Å². The number of benzene rings is 12. The molecule has 0 bridgehead atoms. The van der Waals surface area contributed by atoms with Crippen LogP contribution in [-0.2, 0) is 83.2 Å². The quantitative estimate of drug-likeness (QED) is 0.0317. The molecule has 0 aliphatic carbocycles. The predicted molar refractivity (Wildman–Crippen MR) is 352 cm³/mol. The van der Waals surface area contributed by atoms with E-state index in [1.807, 2.05) is 0 Å². The summed E-state index contributed by atoms with van der Waals surface area (Å²) >= 11 is 0. The number of fused-ring (bicyclic) bond motifs is 25. The highest BCUT2D eigenvalue weighted by atomic mass is 32.3. The lowest BCUT2D eigenvalue weighted by Gasteiger charge is -2.17. The van der Waals surface area contributed by atoms with Gasteiger partial charge in [-0.2, -0.15) is 67.3 Å². The molecule has 0 saturated heterocycles. The lowest BCUT2D eigenvalue weighted by Crippen LogP contribution is -2.10. The van der Waals surface area contributed by atoms with Crippen LogP contribution in [0.25, 0.3) is 152 Å². The second-order valence-electron chi connectivity index (χ2n) is 21.6. The Kier molecular flexibility index (Phi) is 13.8. The van der Waals surface area contributed by atoms with Crippen molar-refractivity contribution in [2.45, 2.75) is 0 Å². The molecule has 35 nitrogen and oxygen atoms in total. The molecule has 0 unspecified atom stereocenters. The molecule has 0 aliphatic rings. The highest BCUT2D eigenvalue weighted by Gasteiger charge is 2.37. The monoisotopic (exact) mass is 1510 g/mol. The van der Waals surface area contributed by atoms with Crippen LogP contribution in [0.15, 0.2) is 121 Å². The number of H-pyrrole nitrogens is 3. The van der Waals surface area contributed by atoms with Gasteiger partial charge >= 0.3 is 83.2 Å². The van der Waals surface area contributed by atoms with Crippen molar-refractivity contribution in [3.8, 4) is 46.0 Å². The van der Waals surface area contributed by atoms with Gasteiger partial charge in [-0.25, -0.2) is 0 Å². The van der Waals surface area contributed by atoms with Crippen molar-refractivity contribution in [3.05, 3.63) is 121 Å². The Labute approximate surface area is 550 Å². The van der Waals surface area contributed by atoms with Crippen LogP contribution in [0.5, 0.6) is 46.0 Å². The number of hydrogen-bond donors (Lipinski definition) is 11. The summed E-state index contributed by atoms with van der Waals surface area (Å²) in [6.07, 6.45) is 0. The molecule has 0 amide bonds. The van der Waals surface area contributed by atoms with E-state index in [0.717, 1.165) is 60.7 Å². The molecule has 12 aromatic carbocycles. The van der Waals surface area contributed by atoms with E-state index in [-0.39, 0.29) is 21.5 Å². The summed E-state index contributed by atoms with van der Waals surface area (Å²) in [7, 11) is -46.0. The number of hydrogen-bond acceptors (Lipinski definition) is 24. The smallest absolute Gasteiger partial charge is 0.360 e. The zero-order chi connectivity index (χ0) is 70.7. The van der Waals surface area contributed by atoms with E-state index in [2.05, 4.69) is 15.0 Å². The minimum atomic E-state index is -5.87. The third kappa shape index (κ3) is 10.9. The van der Waals surface area contributed by atoms with Gasteiger partial charge in [0.1, 0.15) is 0 Å². The number of aromatic amines is 3. The number of rotatable bonds is 16. The summed E-state index contributed by atoms with van der Waals surface area (Å²) in [6.45, 7) is 0. The molecular formula is C56H31N3O32S8. The molecule has 0 aliphatic heterocycles. The summed E-state index contributed by atoms with van der Waals surface area (Å²) in [5, 5.41) is -11.1. The van der Waals surface area contributed by atoms with Gasteiger partial charge in [-0.15, -0.1) is 0 Å². The normalized spacial score (nSPS) is 13.5. The Morgan fingerprint density at radius 1 is 0.182 bits per heavy atom. The van der Waals surface area contributed by atoms with E-state index >= 15 is 0 Å². The van der Waals surface area contributed by atoms with Crippen LogP contribution in [0.1, 0.15) is 0 Å². The minimum Gasteiger partial charge on any atom is -0.360 e. The predicted octanol–water partition coefficient (Wildman–Crippen LogP) is 9.27. The third-order valence-corrected chi connectivity index (χ3v) is 19.0. The maximum atomic E-state index is 13.5.